The molecule has 102 valence electrons. The standard InChI is InChI=1S/C12H17Cl2NO2S/c1-8(2)15-6-9(16)7-18(17)10-3-4-11(13)12(14)5-10/h3-5,8-9,15-16H,6-7H2,1-2H3. The molecule has 1 aromatic rings. The van der Waals surface area contributed by atoms with E-state index in [1.54, 1.807) is 18.2 Å². The van der Waals surface area contributed by atoms with Crippen molar-refractivity contribution in [2.45, 2.75) is 30.9 Å². The molecule has 1 rings (SSSR count). The molecule has 0 fully saturated rings. The van der Waals surface area contributed by atoms with Gasteiger partial charge in [-0.05, 0) is 18.2 Å². The summed E-state index contributed by atoms with van der Waals surface area (Å²) in [5, 5.41) is 13.6. The van der Waals surface area contributed by atoms with Crippen LogP contribution in [0.3, 0.4) is 0 Å². The molecule has 2 N–H and O–H groups in total. The van der Waals surface area contributed by atoms with E-state index in [4.69, 9.17) is 23.2 Å². The first-order chi connectivity index (χ1) is 8.40. The Bertz CT molecular complexity index is 427. The lowest BCUT2D eigenvalue weighted by atomic mass is 10.3. The smallest absolute Gasteiger partial charge is 0.0783 e. The normalized spacial score (nSPS) is 14.8. The third kappa shape index (κ3) is 5.24. The number of benzene rings is 1. The van der Waals surface area contributed by atoms with E-state index in [0.29, 0.717) is 21.5 Å². The molecule has 0 aliphatic heterocycles. The highest BCUT2D eigenvalue weighted by molar-refractivity contribution is 7.85. The Morgan fingerprint density at radius 1 is 1.33 bits per heavy atom. The first-order valence-corrected chi connectivity index (χ1v) is 7.72. The van der Waals surface area contributed by atoms with E-state index in [1.165, 1.54) is 0 Å². The maximum Gasteiger partial charge on any atom is 0.0783 e. The van der Waals surface area contributed by atoms with Gasteiger partial charge in [0.05, 0.1) is 32.7 Å². The lowest BCUT2D eigenvalue weighted by molar-refractivity contribution is 0.191. The van der Waals surface area contributed by atoms with E-state index in [1.807, 2.05) is 13.8 Å². The number of aliphatic hydroxyl groups excluding tert-OH is 1. The molecule has 0 aliphatic rings. The number of nitrogens with one attached hydrogen (secondary N) is 1. The second-order valence-electron chi connectivity index (χ2n) is 4.30. The highest BCUT2D eigenvalue weighted by Crippen LogP contribution is 2.24. The van der Waals surface area contributed by atoms with Crippen LogP contribution in [0.25, 0.3) is 0 Å². The molecule has 18 heavy (non-hydrogen) atoms. The van der Waals surface area contributed by atoms with Crippen molar-refractivity contribution in [3.63, 3.8) is 0 Å². The summed E-state index contributed by atoms with van der Waals surface area (Å²) in [6.45, 7) is 4.40. The summed E-state index contributed by atoms with van der Waals surface area (Å²) in [6, 6.07) is 5.13. The van der Waals surface area contributed by atoms with Crippen LogP contribution in [0.4, 0.5) is 0 Å². The Hall–Kier alpha value is -0.130. The van der Waals surface area contributed by atoms with Crippen LogP contribution in [0, 0.1) is 0 Å². The van der Waals surface area contributed by atoms with Crippen LogP contribution in [-0.4, -0.2) is 33.8 Å². The van der Waals surface area contributed by atoms with Gasteiger partial charge in [-0.1, -0.05) is 37.0 Å². The van der Waals surface area contributed by atoms with Crippen molar-refractivity contribution in [1.82, 2.24) is 5.32 Å². The van der Waals surface area contributed by atoms with Crippen LogP contribution in [0.5, 0.6) is 0 Å². The van der Waals surface area contributed by atoms with Crippen LogP contribution < -0.4 is 5.32 Å². The van der Waals surface area contributed by atoms with E-state index in [9.17, 15) is 9.32 Å². The predicted molar refractivity (Wildman–Crippen MR) is 76.9 cm³/mol. The monoisotopic (exact) mass is 309 g/mol. The van der Waals surface area contributed by atoms with Gasteiger partial charge in [0.25, 0.3) is 0 Å². The minimum atomic E-state index is -1.28. The van der Waals surface area contributed by atoms with Crippen LogP contribution in [0.15, 0.2) is 23.1 Å². The SMILES string of the molecule is CC(C)NCC(O)CS(=O)c1ccc(Cl)c(Cl)c1. The molecule has 0 amide bonds. The van der Waals surface area contributed by atoms with Gasteiger partial charge in [0.1, 0.15) is 0 Å². The van der Waals surface area contributed by atoms with Gasteiger partial charge in [0.15, 0.2) is 0 Å². The van der Waals surface area contributed by atoms with Crippen molar-refractivity contribution in [3.05, 3.63) is 28.2 Å². The molecule has 6 heteroatoms. The average molecular weight is 310 g/mol. The average Bonchev–Trinajstić information content (AvgIpc) is 2.30. The molecule has 0 heterocycles. The maximum atomic E-state index is 12.0. The van der Waals surface area contributed by atoms with Gasteiger partial charge >= 0.3 is 0 Å². The van der Waals surface area contributed by atoms with Gasteiger partial charge in [0, 0.05) is 17.5 Å². The van der Waals surface area contributed by atoms with Crippen molar-refractivity contribution in [3.8, 4) is 0 Å². The number of rotatable bonds is 6. The second kappa shape index (κ2) is 7.46. The van der Waals surface area contributed by atoms with E-state index in [0.717, 1.165) is 0 Å². The third-order valence-electron chi connectivity index (χ3n) is 2.26. The topological polar surface area (TPSA) is 49.3 Å². The van der Waals surface area contributed by atoms with E-state index >= 15 is 0 Å². The minimum absolute atomic E-state index is 0.178. The Kier molecular flexibility index (Phi) is 6.60. The zero-order valence-corrected chi connectivity index (χ0v) is 12.6. The first kappa shape index (κ1) is 15.9. The summed E-state index contributed by atoms with van der Waals surface area (Å²) in [5.41, 5.74) is 0. The fourth-order valence-electron chi connectivity index (χ4n) is 1.32. The molecule has 0 bridgehead atoms. The third-order valence-corrected chi connectivity index (χ3v) is 4.47. The molecule has 2 atom stereocenters. The molecule has 0 aromatic heterocycles. The van der Waals surface area contributed by atoms with Gasteiger partial charge in [-0.2, -0.15) is 0 Å². The van der Waals surface area contributed by atoms with Crippen molar-refractivity contribution in [2.24, 2.45) is 0 Å². The summed E-state index contributed by atoms with van der Waals surface area (Å²) in [5.74, 6) is 0.178. The molecule has 0 spiro atoms. The Morgan fingerprint density at radius 3 is 2.56 bits per heavy atom. The van der Waals surface area contributed by atoms with Gasteiger partial charge in [0.2, 0.25) is 0 Å². The Balaban J connectivity index is 2.56. The van der Waals surface area contributed by atoms with Gasteiger partial charge in [-0.3, -0.25) is 4.21 Å². The number of hydrogen-bond donors (Lipinski definition) is 2. The maximum absolute atomic E-state index is 12.0. The zero-order chi connectivity index (χ0) is 13.7. The van der Waals surface area contributed by atoms with E-state index < -0.39 is 16.9 Å². The number of hydrogen-bond acceptors (Lipinski definition) is 3. The quantitative estimate of drug-likeness (QED) is 0.848. The molecule has 0 saturated carbocycles. The molecule has 3 nitrogen and oxygen atoms in total. The van der Waals surface area contributed by atoms with E-state index in [2.05, 4.69) is 5.32 Å². The van der Waals surface area contributed by atoms with Crippen LogP contribution in [0.2, 0.25) is 10.0 Å². The molecule has 0 aliphatic carbocycles. The summed E-state index contributed by atoms with van der Waals surface area (Å²) >= 11 is 11.6. The van der Waals surface area contributed by atoms with E-state index in [-0.39, 0.29) is 11.8 Å². The zero-order valence-electron chi connectivity index (χ0n) is 10.3. The van der Waals surface area contributed by atoms with Crippen molar-refractivity contribution < 1.29 is 9.32 Å². The highest BCUT2D eigenvalue weighted by atomic mass is 35.5. The van der Waals surface area contributed by atoms with Crippen LogP contribution in [0.1, 0.15) is 13.8 Å². The summed E-state index contributed by atoms with van der Waals surface area (Å²) in [4.78, 5) is 0.577. The van der Waals surface area contributed by atoms with Crippen LogP contribution in [-0.2, 0) is 10.8 Å². The largest absolute Gasteiger partial charge is 0.391 e. The van der Waals surface area contributed by atoms with Gasteiger partial charge in [-0.25, -0.2) is 0 Å². The van der Waals surface area contributed by atoms with Crippen molar-refractivity contribution in [2.75, 3.05) is 12.3 Å². The second-order valence-corrected chi connectivity index (χ2v) is 6.62. The Labute approximate surface area is 120 Å². The summed E-state index contributed by atoms with van der Waals surface area (Å²) in [7, 11) is -1.28. The fraction of sp³-hybridized carbons (Fsp3) is 0.500. The molecule has 0 saturated heterocycles. The minimum Gasteiger partial charge on any atom is -0.391 e. The molecule has 0 radical (unpaired) electrons. The number of aliphatic hydroxyl groups is 1. The molecular weight excluding hydrogens is 293 g/mol. The van der Waals surface area contributed by atoms with Crippen molar-refractivity contribution in [1.29, 1.82) is 0 Å². The lowest BCUT2D eigenvalue weighted by Gasteiger charge is -2.13. The highest BCUT2D eigenvalue weighted by Gasteiger charge is 2.12. The van der Waals surface area contributed by atoms with Gasteiger partial charge in [-0.15, -0.1) is 0 Å². The fourth-order valence-corrected chi connectivity index (χ4v) is 2.81. The summed E-state index contributed by atoms with van der Waals surface area (Å²) in [6.07, 6.45) is -0.650. The lowest BCUT2D eigenvalue weighted by Crippen LogP contribution is -2.34. The first-order valence-electron chi connectivity index (χ1n) is 5.65. The van der Waals surface area contributed by atoms with Gasteiger partial charge < -0.3 is 10.4 Å². The Morgan fingerprint density at radius 2 is 2.00 bits per heavy atom. The summed E-state index contributed by atoms with van der Waals surface area (Å²) < 4.78 is 12.0. The van der Waals surface area contributed by atoms with Crippen LogP contribution >= 0.6 is 23.2 Å². The number of halogens is 2. The van der Waals surface area contributed by atoms with Crippen molar-refractivity contribution >= 4 is 34.0 Å². The predicted octanol–water partition coefficient (Wildman–Crippen LogP) is 2.46. The molecular formula is C12H17Cl2NO2S. The molecule has 1 aromatic carbocycles. The molecule has 2 unspecified atom stereocenters.